The number of allylic oxidation sites excluding steroid dienone is 4. The molecule has 1 aromatic heterocycles. The molecule has 0 amide bonds. The van der Waals surface area contributed by atoms with Crippen LogP contribution in [0.2, 0.25) is 0 Å². The maximum atomic E-state index is 14.5. The molecule has 0 aliphatic heterocycles. The summed E-state index contributed by atoms with van der Waals surface area (Å²) in [7, 11) is 0. The number of carbonyl (C=O) groups excluding carboxylic acids is 2. The zero-order chi connectivity index (χ0) is 28.2. The zero-order valence-corrected chi connectivity index (χ0v) is 24.1. The molecule has 0 N–H and O–H groups in total. The molecule has 208 valence electrons. The molecule has 0 saturated heterocycles. The zero-order valence-electron chi connectivity index (χ0n) is 24.1. The molecule has 0 radical (unpaired) electrons. The molecule has 3 saturated carbocycles. The minimum atomic E-state index is -0.787. The molecular weight excluding hydrogens is 493 g/mol. The van der Waals surface area contributed by atoms with Gasteiger partial charge < -0.3 is 9.32 Å². The lowest BCUT2D eigenvalue weighted by molar-refractivity contribution is -0.158. The van der Waals surface area contributed by atoms with Gasteiger partial charge in [-0.3, -0.25) is 4.79 Å². The lowest BCUT2D eigenvalue weighted by atomic mass is 9.35. The Bertz CT molecular complexity index is 1370. The first-order valence-corrected chi connectivity index (χ1v) is 14.6. The Labute approximate surface area is 230 Å². The fraction of sp³-hybridized carbons (Fsp3) is 0.719. The van der Waals surface area contributed by atoms with Crippen LogP contribution in [-0.2, 0) is 21.7 Å². The van der Waals surface area contributed by atoms with E-state index in [2.05, 4.69) is 49.6 Å². The van der Waals surface area contributed by atoms with Gasteiger partial charge in [0.15, 0.2) is 24.1 Å². The molecule has 5 aliphatic rings. The summed E-state index contributed by atoms with van der Waals surface area (Å²) in [6, 6.07) is 0. The van der Waals surface area contributed by atoms with Crippen LogP contribution in [0, 0.1) is 51.9 Å². The van der Waals surface area contributed by atoms with Gasteiger partial charge in [-0.2, -0.15) is 4.98 Å². The van der Waals surface area contributed by atoms with Crippen molar-refractivity contribution in [2.75, 3.05) is 0 Å². The Morgan fingerprint density at radius 3 is 2.46 bits per heavy atom. The highest BCUT2D eigenvalue weighted by atomic mass is 19.1. The molecule has 6 rings (SSSR count). The quantitative estimate of drug-likeness (QED) is 0.384. The predicted octanol–water partition coefficient (Wildman–Crippen LogP) is 6.97. The first kappa shape index (κ1) is 26.6. The number of hydrogen-bond donors (Lipinski definition) is 0. The van der Waals surface area contributed by atoms with Gasteiger partial charge in [0.2, 0.25) is 5.70 Å². The average Bonchev–Trinajstić information content (AvgIpc) is 3.37. The maximum Gasteiger partial charge on any atom is 0.258 e. The first-order chi connectivity index (χ1) is 18.3. The van der Waals surface area contributed by atoms with Crippen molar-refractivity contribution in [3.63, 3.8) is 0 Å². The molecule has 6 nitrogen and oxygen atoms in total. The Balaban J connectivity index is 1.52. The van der Waals surface area contributed by atoms with Crippen molar-refractivity contribution in [3.05, 3.63) is 46.6 Å². The van der Waals surface area contributed by atoms with Crippen molar-refractivity contribution in [2.45, 2.75) is 98.6 Å². The third-order valence-corrected chi connectivity index (χ3v) is 12.5. The summed E-state index contributed by atoms with van der Waals surface area (Å²) < 4.78 is 18.7. The molecule has 0 spiro atoms. The van der Waals surface area contributed by atoms with Crippen molar-refractivity contribution in [1.29, 1.82) is 0 Å². The van der Waals surface area contributed by atoms with Crippen LogP contribution in [-0.4, -0.2) is 21.7 Å². The van der Waals surface area contributed by atoms with Gasteiger partial charge in [-0.15, -0.1) is 0 Å². The molecule has 0 bridgehead atoms. The van der Waals surface area contributed by atoms with Gasteiger partial charge >= 0.3 is 0 Å². The highest BCUT2D eigenvalue weighted by Crippen LogP contribution is 2.73. The second-order valence-corrected chi connectivity index (χ2v) is 14.7. The SMILES string of the molecule is [C-]#[N+]C1=C[C@]2(C)C3=CC(=O)[C@@H]4[C@@H]5CC(C)(C)CC[C@]5(c5noc(CF)n5)CC[C@@]4(C)[C@]3(C)CC[C@H]2[C@H](C)C1=O. The van der Waals surface area contributed by atoms with E-state index in [-0.39, 0.29) is 63.1 Å². The number of halogens is 1. The fourth-order valence-corrected chi connectivity index (χ4v) is 10.1. The molecule has 3 fully saturated rings. The summed E-state index contributed by atoms with van der Waals surface area (Å²) in [5.74, 6) is 0.324. The van der Waals surface area contributed by atoms with Gasteiger partial charge in [0, 0.05) is 22.7 Å². The van der Waals surface area contributed by atoms with Crippen LogP contribution < -0.4 is 0 Å². The van der Waals surface area contributed by atoms with E-state index in [4.69, 9.17) is 11.1 Å². The first-order valence-electron chi connectivity index (χ1n) is 14.6. The second-order valence-electron chi connectivity index (χ2n) is 14.7. The maximum absolute atomic E-state index is 14.5. The van der Waals surface area contributed by atoms with Gasteiger partial charge in [-0.1, -0.05) is 58.3 Å². The van der Waals surface area contributed by atoms with Gasteiger partial charge in [0.05, 0.1) is 6.57 Å². The number of carbonyl (C=O) groups is 2. The molecule has 39 heavy (non-hydrogen) atoms. The van der Waals surface area contributed by atoms with Crippen LogP contribution in [0.15, 0.2) is 27.9 Å². The molecule has 5 aliphatic carbocycles. The minimum Gasteiger partial charge on any atom is -0.336 e. The van der Waals surface area contributed by atoms with E-state index >= 15 is 0 Å². The molecule has 7 heteroatoms. The number of nitrogens with zero attached hydrogens (tertiary/aromatic N) is 3. The van der Waals surface area contributed by atoms with E-state index in [9.17, 15) is 14.0 Å². The van der Waals surface area contributed by atoms with E-state index in [0.717, 1.165) is 50.5 Å². The largest absolute Gasteiger partial charge is 0.336 e. The summed E-state index contributed by atoms with van der Waals surface area (Å²) in [5.41, 5.74) is -0.0734. The lowest BCUT2D eigenvalue weighted by Gasteiger charge is -2.68. The predicted molar refractivity (Wildman–Crippen MR) is 144 cm³/mol. The number of fused-ring (bicyclic) bond motifs is 7. The van der Waals surface area contributed by atoms with Crippen molar-refractivity contribution in [3.8, 4) is 0 Å². The molecule has 1 aromatic rings. The second kappa shape index (κ2) is 8.21. The molecular formula is C32H40FN3O3. The minimum absolute atomic E-state index is 0.00928. The molecule has 0 unspecified atom stereocenters. The van der Waals surface area contributed by atoms with Gasteiger partial charge in [0.1, 0.15) is 0 Å². The summed E-state index contributed by atoms with van der Waals surface area (Å²) in [4.78, 5) is 35.6. The van der Waals surface area contributed by atoms with Crippen molar-refractivity contribution in [1.82, 2.24) is 10.1 Å². The average molecular weight is 534 g/mol. The monoisotopic (exact) mass is 533 g/mol. The highest BCUT2D eigenvalue weighted by molar-refractivity contribution is 6.01. The van der Waals surface area contributed by atoms with Crippen LogP contribution in [0.25, 0.3) is 4.85 Å². The van der Waals surface area contributed by atoms with Gasteiger partial charge in [0.25, 0.3) is 5.89 Å². The van der Waals surface area contributed by atoms with Gasteiger partial charge in [-0.25, -0.2) is 9.24 Å². The highest BCUT2D eigenvalue weighted by Gasteiger charge is 2.69. The third-order valence-electron chi connectivity index (χ3n) is 12.5. The van der Waals surface area contributed by atoms with Crippen molar-refractivity contribution < 1.29 is 18.5 Å². The number of rotatable bonds is 2. The van der Waals surface area contributed by atoms with Crippen LogP contribution in [0.1, 0.15) is 98.2 Å². The smallest absolute Gasteiger partial charge is 0.258 e. The number of alkyl halides is 1. The Morgan fingerprint density at radius 1 is 1.08 bits per heavy atom. The molecule has 1 heterocycles. The van der Waals surface area contributed by atoms with Crippen molar-refractivity contribution in [2.24, 2.45) is 45.3 Å². The summed E-state index contributed by atoms with van der Waals surface area (Å²) >= 11 is 0. The summed E-state index contributed by atoms with van der Waals surface area (Å²) in [6.07, 6.45) is 10.0. The van der Waals surface area contributed by atoms with E-state index in [1.165, 1.54) is 0 Å². The summed E-state index contributed by atoms with van der Waals surface area (Å²) in [6.45, 7) is 20.2. The number of Topliss-reactive ketones (excluding diaryl/α,β-unsaturated/α-hetero) is 1. The topological polar surface area (TPSA) is 77.4 Å². The van der Waals surface area contributed by atoms with E-state index in [1.807, 2.05) is 19.1 Å². The van der Waals surface area contributed by atoms with E-state index < -0.39 is 17.5 Å². The summed E-state index contributed by atoms with van der Waals surface area (Å²) in [5, 5.41) is 4.30. The Kier molecular flexibility index (Phi) is 5.60. The molecule has 8 atom stereocenters. The number of hydrogen-bond acceptors (Lipinski definition) is 5. The van der Waals surface area contributed by atoms with Crippen LogP contribution in [0.3, 0.4) is 0 Å². The van der Waals surface area contributed by atoms with Crippen LogP contribution in [0.4, 0.5) is 4.39 Å². The van der Waals surface area contributed by atoms with Crippen LogP contribution >= 0.6 is 0 Å². The van der Waals surface area contributed by atoms with E-state index in [1.54, 1.807) is 0 Å². The standard InChI is InChI=1S/C32H40FN3O3/c1-18-19-8-9-30(5)23(29(19,4)16-21(34-7)26(18)38)14-22(37)25-20-15-28(2,3)10-12-32(20,13-11-31(25,30)6)27-35-24(17-33)39-36-27/h14,16,18-20,25H,8-13,15,17H2,1-6H3/t18-,19-,20-,25-,29-,30+,31+,32-/m0/s1. The van der Waals surface area contributed by atoms with Gasteiger partial charge in [-0.05, 0) is 79.1 Å². The molecule has 0 aromatic carbocycles. The number of aromatic nitrogens is 2. The van der Waals surface area contributed by atoms with E-state index in [0.29, 0.717) is 5.82 Å². The lowest BCUT2D eigenvalue weighted by Crippen LogP contribution is -2.65. The Hall–Kier alpha value is -2.62. The Morgan fingerprint density at radius 2 is 1.79 bits per heavy atom. The fourth-order valence-electron chi connectivity index (χ4n) is 10.1. The van der Waals surface area contributed by atoms with Crippen molar-refractivity contribution >= 4 is 11.6 Å². The van der Waals surface area contributed by atoms with Crippen LogP contribution in [0.5, 0.6) is 0 Å². The normalized spacial score (nSPS) is 44.7. The number of ketones is 2. The third kappa shape index (κ3) is 3.29.